The molecule has 10 heteroatoms. The molecule has 0 saturated heterocycles. The predicted molar refractivity (Wildman–Crippen MR) is 126 cm³/mol. The van der Waals surface area contributed by atoms with Crippen LogP contribution in [-0.4, -0.2) is 38.2 Å². The van der Waals surface area contributed by atoms with Crippen LogP contribution in [0.1, 0.15) is 36.5 Å². The Morgan fingerprint density at radius 1 is 1.21 bits per heavy atom. The molecule has 2 amide bonds. The van der Waals surface area contributed by atoms with Gasteiger partial charge in [0, 0.05) is 18.0 Å². The fourth-order valence-corrected chi connectivity index (χ4v) is 3.90. The van der Waals surface area contributed by atoms with Gasteiger partial charge in [-0.25, -0.2) is 9.97 Å². The molecule has 3 heterocycles. The lowest BCUT2D eigenvalue weighted by atomic mass is 9.99. The van der Waals surface area contributed by atoms with Crippen molar-refractivity contribution in [3.8, 4) is 17.1 Å². The van der Waals surface area contributed by atoms with Gasteiger partial charge in [-0.3, -0.25) is 14.2 Å². The van der Waals surface area contributed by atoms with Gasteiger partial charge in [-0.15, -0.1) is 0 Å². The number of halogens is 1. The Morgan fingerprint density at radius 2 is 1.94 bits per heavy atom. The SMILES string of the molecule is CCCCC(NC(=O)c1cc(Cl)cnc1-n1cnc(-c2ccccc2)c1)C1(C(N)=O)OC=CO1. The monoisotopic (exact) mass is 481 g/mol. The van der Waals surface area contributed by atoms with Crippen LogP contribution in [0, 0.1) is 0 Å². The Bertz CT molecular complexity index is 1200. The van der Waals surface area contributed by atoms with Gasteiger partial charge < -0.3 is 20.5 Å². The number of hydrogen-bond donors (Lipinski definition) is 2. The van der Waals surface area contributed by atoms with Crippen molar-refractivity contribution in [2.45, 2.75) is 38.0 Å². The molecule has 1 aliphatic heterocycles. The van der Waals surface area contributed by atoms with E-state index in [1.807, 2.05) is 37.3 Å². The van der Waals surface area contributed by atoms with Crippen molar-refractivity contribution in [2.24, 2.45) is 5.73 Å². The molecule has 9 nitrogen and oxygen atoms in total. The van der Waals surface area contributed by atoms with Gasteiger partial charge in [-0.1, -0.05) is 61.7 Å². The van der Waals surface area contributed by atoms with Gasteiger partial charge in [0.25, 0.3) is 5.91 Å². The minimum absolute atomic E-state index is 0.191. The highest BCUT2D eigenvalue weighted by molar-refractivity contribution is 6.30. The number of nitrogens with zero attached hydrogens (tertiary/aromatic N) is 3. The highest BCUT2D eigenvalue weighted by Crippen LogP contribution is 2.28. The fraction of sp³-hybridized carbons (Fsp3) is 0.250. The topological polar surface area (TPSA) is 121 Å². The maximum Gasteiger partial charge on any atom is 0.351 e. The van der Waals surface area contributed by atoms with Crippen LogP contribution in [0.4, 0.5) is 0 Å². The van der Waals surface area contributed by atoms with Crippen molar-refractivity contribution in [1.29, 1.82) is 0 Å². The van der Waals surface area contributed by atoms with E-state index in [0.717, 1.165) is 17.7 Å². The Morgan fingerprint density at radius 3 is 2.62 bits per heavy atom. The third-order valence-corrected chi connectivity index (χ3v) is 5.68. The first kappa shape index (κ1) is 23.3. The van der Waals surface area contributed by atoms with Gasteiger partial charge in [0.15, 0.2) is 5.82 Å². The van der Waals surface area contributed by atoms with Crippen LogP contribution in [0.3, 0.4) is 0 Å². The molecule has 1 aromatic carbocycles. The Hall–Kier alpha value is -3.85. The van der Waals surface area contributed by atoms with Gasteiger partial charge in [0.05, 0.1) is 16.3 Å². The van der Waals surface area contributed by atoms with Crippen LogP contribution in [0.5, 0.6) is 0 Å². The Kier molecular flexibility index (Phi) is 6.83. The number of amides is 2. The summed E-state index contributed by atoms with van der Waals surface area (Å²) in [4.78, 5) is 34.5. The molecule has 1 aliphatic rings. The zero-order valence-corrected chi connectivity index (χ0v) is 19.2. The van der Waals surface area contributed by atoms with E-state index >= 15 is 0 Å². The number of ether oxygens (including phenoxy) is 2. The smallest absolute Gasteiger partial charge is 0.351 e. The number of nitrogens with one attached hydrogen (secondary N) is 1. The number of nitrogens with two attached hydrogens (primary N) is 1. The van der Waals surface area contributed by atoms with E-state index in [9.17, 15) is 9.59 Å². The summed E-state index contributed by atoms with van der Waals surface area (Å²) in [7, 11) is 0. The van der Waals surface area contributed by atoms with E-state index in [2.05, 4.69) is 15.3 Å². The average molecular weight is 482 g/mol. The number of unbranched alkanes of at least 4 members (excludes halogenated alkanes) is 1. The molecule has 3 aromatic rings. The first-order chi connectivity index (χ1) is 16.4. The molecule has 1 unspecified atom stereocenters. The molecule has 0 radical (unpaired) electrons. The highest BCUT2D eigenvalue weighted by Gasteiger charge is 2.51. The van der Waals surface area contributed by atoms with Crippen LogP contribution in [-0.2, 0) is 14.3 Å². The number of benzene rings is 1. The second-order valence-electron chi connectivity index (χ2n) is 7.76. The zero-order chi connectivity index (χ0) is 24.1. The van der Waals surface area contributed by atoms with Crippen LogP contribution >= 0.6 is 11.6 Å². The van der Waals surface area contributed by atoms with Gasteiger partial charge in [-0.05, 0) is 12.5 Å². The minimum atomic E-state index is -1.83. The van der Waals surface area contributed by atoms with Crippen LogP contribution in [0.15, 0.2) is 67.6 Å². The summed E-state index contributed by atoms with van der Waals surface area (Å²) < 4.78 is 12.5. The molecule has 176 valence electrons. The van der Waals surface area contributed by atoms with E-state index in [1.165, 1.54) is 24.8 Å². The van der Waals surface area contributed by atoms with Gasteiger partial charge in [0.2, 0.25) is 0 Å². The molecular formula is C24H24ClN5O4. The first-order valence-electron chi connectivity index (χ1n) is 10.8. The largest absolute Gasteiger partial charge is 0.447 e. The average Bonchev–Trinajstić information content (AvgIpc) is 3.53. The lowest BCUT2D eigenvalue weighted by molar-refractivity contribution is -0.182. The van der Waals surface area contributed by atoms with Gasteiger partial charge in [-0.2, -0.15) is 0 Å². The van der Waals surface area contributed by atoms with Crippen LogP contribution < -0.4 is 11.1 Å². The number of rotatable bonds is 9. The van der Waals surface area contributed by atoms with Crippen LogP contribution in [0.2, 0.25) is 5.02 Å². The molecule has 0 spiro atoms. The lowest BCUT2D eigenvalue weighted by Crippen LogP contribution is -2.60. The number of carbonyl (C=O) groups excluding carboxylic acids is 2. The maximum atomic E-state index is 13.4. The number of carbonyl (C=O) groups is 2. The number of imidazole rings is 1. The van der Waals surface area contributed by atoms with Crippen molar-refractivity contribution < 1.29 is 19.1 Å². The third-order valence-electron chi connectivity index (χ3n) is 5.47. The van der Waals surface area contributed by atoms with Crippen molar-refractivity contribution in [1.82, 2.24) is 19.9 Å². The zero-order valence-electron chi connectivity index (χ0n) is 18.5. The summed E-state index contributed by atoms with van der Waals surface area (Å²) in [5.41, 5.74) is 7.43. The van der Waals surface area contributed by atoms with E-state index in [-0.39, 0.29) is 10.6 Å². The molecule has 34 heavy (non-hydrogen) atoms. The number of pyridine rings is 1. The molecule has 0 bridgehead atoms. The highest BCUT2D eigenvalue weighted by atomic mass is 35.5. The first-order valence-corrected chi connectivity index (χ1v) is 11.2. The number of hydrogen-bond acceptors (Lipinski definition) is 6. The molecular weight excluding hydrogens is 458 g/mol. The Balaban J connectivity index is 1.66. The molecule has 1 atom stereocenters. The quantitative estimate of drug-likeness (QED) is 0.481. The van der Waals surface area contributed by atoms with Crippen molar-refractivity contribution in [2.75, 3.05) is 0 Å². The third kappa shape index (κ3) is 4.60. The van der Waals surface area contributed by atoms with Crippen molar-refractivity contribution >= 4 is 23.4 Å². The Labute approximate surface area is 201 Å². The molecule has 0 aliphatic carbocycles. The van der Waals surface area contributed by atoms with Gasteiger partial charge in [0.1, 0.15) is 24.9 Å². The van der Waals surface area contributed by atoms with Crippen molar-refractivity contribution in [3.05, 3.63) is 78.2 Å². The van der Waals surface area contributed by atoms with Gasteiger partial charge >= 0.3 is 11.7 Å². The van der Waals surface area contributed by atoms with E-state index in [0.29, 0.717) is 18.7 Å². The van der Waals surface area contributed by atoms with E-state index < -0.39 is 23.6 Å². The van der Waals surface area contributed by atoms with Crippen LogP contribution in [0.25, 0.3) is 17.1 Å². The lowest BCUT2D eigenvalue weighted by Gasteiger charge is -2.33. The number of aromatic nitrogens is 3. The van der Waals surface area contributed by atoms with E-state index in [4.69, 9.17) is 26.8 Å². The van der Waals surface area contributed by atoms with Crippen molar-refractivity contribution in [3.63, 3.8) is 0 Å². The second-order valence-corrected chi connectivity index (χ2v) is 8.20. The predicted octanol–water partition coefficient (Wildman–Crippen LogP) is 3.58. The fourth-order valence-electron chi connectivity index (χ4n) is 3.74. The summed E-state index contributed by atoms with van der Waals surface area (Å²) in [6.07, 6.45) is 9.20. The summed E-state index contributed by atoms with van der Waals surface area (Å²) >= 11 is 6.17. The summed E-state index contributed by atoms with van der Waals surface area (Å²) in [5, 5.41) is 3.13. The summed E-state index contributed by atoms with van der Waals surface area (Å²) in [5.74, 6) is -2.86. The normalized spacial score (nSPS) is 14.8. The molecule has 3 N–H and O–H groups in total. The minimum Gasteiger partial charge on any atom is -0.447 e. The summed E-state index contributed by atoms with van der Waals surface area (Å²) in [6.45, 7) is 1.99. The number of primary amides is 1. The maximum absolute atomic E-state index is 13.4. The molecule has 0 fully saturated rings. The van der Waals surface area contributed by atoms with E-state index in [1.54, 1.807) is 17.1 Å². The molecule has 0 saturated carbocycles. The second kappa shape index (κ2) is 9.96. The molecule has 4 rings (SSSR count). The molecule has 2 aromatic heterocycles. The summed E-state index contributed by atoms with van der Waals surface area (Å²) in [6, 6.07) is 10.3. The standard InChI is InChI=1S/C24H24ClN5O4/c1-2-3-9-20(24(23(26)32)33-10-11-34-24)29-22(31)18-12-17(25)13-27-21(18)30-14-19(28-15-30)16-7-5-4-6-8-16/h4-8,10-15,20H,2-3,9H2,1H3,(H2,26,32)(H,29,31).